The van der Waals surface area contributed by atoms with Crippen LogP contribution in [0, 0.1) is 5.82 Å². The standard InChI is InChI=1S/C12H13ClFNO5S/c1-20-12(17)10-5-8(16)6-15(10)21(18,19)11-3-2-7(14)4-9(11)13/h2-4,8,10,16H,5-6H2,1H3. The van der Waals surface area contributed by atoms with Crippen LogP contribution in [-0.4, -0.2) is 49.6 Å². The molecule has 1 aliphatic heterocycles. The molecule has 0 aliphatic carbocycles. The monoisotopic (exact) mass is 337 g/mol. The molecule has 9 heteroatoms. The first-order chi connectivity index (χ1) is 9.77. The maximum Gasteiger partial charge on any atom is 0.324 e. The van der Waals surface area contributed by atoms with Crippen LogP contribution >= 0.6 is 11.6 Å². The lowest BCUT2D eigenvalue weighted by Crippen LogP contribution is -2.41. The van der Waals surface area contributed by atoms with Crippen molar-refractivity contribution in [1.29, 1.82) is 0 Å². The van der Waals surface area contributed by atoms with Gasteiger partial charge < -0.3 is 9.84 Å². The SMILES string of the molecule is COC(=O)C1CC(O)CN1S(=O)(=O)c1ccc(F)cc1Cl. The van der Waals surface area contributed by atoms with Crippen LogP contribution < -0.4 is 0 Å². The van der Waals surface area contributed by atoms with Gasteiger partial charge in [-0.15, -0.1) is 0 Å². The first-order valence-electron chi connectivity index (χ1n) is 6.00. The number of carbonyl (C=O) groups is 1. The topological polar surface area (TPSA) is 83.9 Å². The van der Waals surface area contributed by atoms with Gasteiger partial charge in [-0.2, -0.15) is 4.31 Å². The molecule has 0 spiro atoms. The Morgan fingerprint density at radius 1 is 1.52 bits per heavy atom. The number of methoxy groups -OCH3 is 1. The quantitative estimate of drug-likeness (QED) is 0.824. The minimum absolute atomic E-state index is 0.0648. The number of benzene rings is 1. The van der Waals surface area contributed by atoms with Gasteiger partial charge in [-0.1, -0.05) is 11.6 Å². The number of nitrogens with zero attached hydrogens (tertiary/aromatic N) is 1. The van der Waals surface area contributed by atoms with Gasteiger partial charge in [0.25, 0.3) is 0 Å². The number of sulfonamides is 1. The number of aliphatic hydroxyl groups is 1. The second kappa shape index (κ2) is 5.88. The molecule has 1 saturated heterocycles. The highest BCUT2D eigenvalue weighted by Gasteiger charge is 2.44. The number of hydrogen-bond acceptors (Lipinski definition) is 5. The van der Waals surface area contributed by atoms with E-state index in [9.17, 15) is 22.7 Å². The van der Waals surface area contributed by atoms with E-state index in [1.807, 2.05) is 0 Å². The summed E-state index contributed by atoms with van der Waals surface area (Å²) in [4.78, 5) is 11.3. The molecule has 0 aromatic heterocycles. The zero-order chi connectivity index (χ0) is 15.8. The number of halogens is 2. The zero-order valence-electron chi connectivity index (χ0n) is 11.0. The molecular weight excluding hydrogens is 325 g/mol. The van der Waals surface area contributed by atoms with E-state index in [4.69, 9.17) is 11.6 Å². The van der Waals surface area contributed by atoms with Crippen LogP contribution in [0.5, 0.6) is 0 Å². The highest BCUT2D eigenvalue weighted by Crippen LogP contribution is 2.31. The van der Waals surface area contributed by atoms with Crippen molar-refractivity contribution in [2.24, 2.45) is 0 Å². The molecular formula is C12H13ClFNO5S. The fourth-order valence-corrected chi connectivity index (χ4v) is 4.34. The molecule has 1 N–H and O–H groups in total. The van der Waals surface area contributed by atoms with Gasteiger partial charge in [0.1, 0.15) is 16.8 Å². The second-order valence-corrected chi connectivity index (χ2v) is 6.84. The van der Waals surface area contributed by atoms with E-state index < -0.39 is 34.0 Å². The summed E-state index contributed by atoms with van der Waals surface area (Å²) in [6, 6.07) is 1.72. The molecule has 1 aromatic rings. The number of rotatable bonds is 3. The molecule has 0 saturated carbocycles. The average Bonchev–Trinajstić information content (AvgIpc) is 2.80. The summed E-state index contributed by atoms with van der Waals surface area (Å²) in [6.07, 6.45) is -1.05. The van der Waals surface area contributed by atoms with Gasteiger partial charge >= 0.3 is 5.97 Å². The van der Waals surface area contributed by atoms with E-state index in [2.05, 4.69) is 4.74 Å². The highest BCUT2D eigenvalue weighted by molar-refractivity contribution is 7.89. The van der Waals surface area contributed by atoms with Crippen molar-refractivity contribution in [3.05, 3.63) is 29.0 Å². The van der Waals surface area contributed by atoms with Gasteiger partial charge in [0.05, 0.1) is 18.2 Å². The molecule has 6 nitrogen and oxygen atoms in total. The molecule has 2 unspecified atom stereocenters. The van der Waals surface area contributed by atoms with Crippen LogP contribution in [0.2, 0.25) is 5.02 Å². The number of hydrogen-bond donors (Lipinski definition) is 1. The number of aliphatic hydroxyl groups excluding tert-OH is 1. The lowest BCUT2D eigenvalue weighted by Gasteiger charge is -2.22. The van der Waals surface area contributed by atoms with Gasteiger partial charge in [0.2, 0.25) is 10.0 Å². The van der Waals surface area contributed by atoms with Crippen molar-refractivity contribution >= 4 is 27.6 Å². The van der Waals surface area contributed by atoms with E-state index in [0.29, 0.717) is 0 Å². The molecule has 1 fully saturated rings. The Balaban J connectivity index is 2.44. The summed E-state index contributed by atoms with van der Waals surface area (Å²) >= 11 is 5.77. The first kappa shape index (κ1) is 16.2. The Morgan fingerprint density at radius 2 is 2.19 bits per heavy atom. The van der Waals surface area contributed by atoms with E-state index in [1.54, 1.807) is 0 Å². The molecule has 0 radical (unpaired) electrons. The summed E-state index contributed by atoms with van der Waals surface area (Å²) in [6.45, 7) is -0.254. The van der Waals surface area contributed by atoms with E-state index in [1.165, 1.54) is 0 Å². The maximum absolute atomic E-state index is 13.0. The largest absolute Gasteiger partial charge is 0.468 e. The minimum atomic E-state index is -4.15. The first-order valence-corrected chi connectivity index (χ1v) is 7.82. The van der Waals surface area contributed by atoms with Crippen molar-refractivity contribution in [1.82, 2.24) is 4.31 Å². The number of carbonyl (C=O) groups excluding carboxylic acids is 1. The van der Waals surface area contributed by atoms with Crippen LogP contribution in [-0.2, 0) is 19.6 Å². The third-order valence-corrected chi connectivity index (χ3v) is 5.55. The van der Waals surface area contributed by atoms with E-state index in [0.717, 1.165) is 29.6 Å². The third-order valence-electron chi connectivity index (χ3n) is 3.19. The van der Waals surface area contributed by atoms with E-state index in [-0.39, 0.29) is 22.9 Å². The zero-order valence-corrected chi connectivity index (χ0v) is 12.6. The maximum atomic E-state index is 13.0. The molecule has 0 amide bonds. The van der Waals surface area contributed by atoms with Gasteiger partial charge in [-0.05, 0) is 18.2 Å². The summed E-state index contributed by atoms with van der Waals surface area (Å²) in [5.74, 6) is -1.45. The molecule has 2 rings (SSSR count). The molecule has 1 aliphatic rings. The van der Waals surface area contributed by atoms with Crippen molar-refractivity contribution in [2.75, 3.05) is 13.7 Å². The van der Waals surface area contributed by atoms with Gasteiger partial charge in [-0.3, -0.25) is 4.79 Å². The van der Waals surface area contributed by atoms with Crippen LogP contribution in [0.25, 0.3) is 0 Å². The van der Waals surface area contributed by atoms with Crippen LogP contribution in [0.1, 0.15) is 6.42 Å². The van der Waals surface area contributed by atoms with Gasteiger partial charge in [0, 0.05) is 13.0 Å². The molecule has 2 atom stereocenters. The summed E-state index contributed by atoms with van der Waals surface area (Å²) < 4.78 is 43.5. The Morgan fingerprint density at radius 3 is 2.76 bits per heavy atom. The second-order valence-electron chi connectivity index (χ2n) is 4.58. The average molecular weight is 338 g/mol. The molecule has 0 bridgehead atoms. The molecule has 1 aromatic carbocycles. The smallest absolute Gasteiger partial charge is 0.324 e. The minimum Gasteiger partial charge on any atom is -0.468 e. The van der Waals surface area contributed by atoms with Gasteiger partial charge in [0.15, 0.2) is 0 Å². The third kappa shape index (κ3) is 3.03. The lowest BCUT2D eigenvalue weighted by molar-refractivity contribution is -0.144. The Labute approximate surface area is 126 Å². The van der Waals surface area contributed by atoms with Crippen LogP contribution in [0.4, 0.5) is 4.39 Å². The molecule has 1 heterocycles. The Hall–Kier alpha value is -1.22. The predicted molar refractivity (Wildman–Crippen MR) is 71.7 cm³/mol. The Kier molecular flexibility index (Phi) is 4.52. The van der Waals surface area contributed by atoms with Crippen molar-refractivity contribution in [2.45, 2.75) is 23.5 Å². The van der Waals surface area contributed by atoms with Gasteiger partial charge in [-0.25, -0.2) is 12.8 Å². The van der Waals surface area contributed by atoms with Crippen molar-refractivity contribution in [3.8, 4) is 0 Å². The number of ether oxygens (including phenoxy) is 1. The molecule has 116 valence electrons. The van der Waals surface area contributed by atoms with Crippen molar-refractivity contribution < 1.29 is 27.4 Å². The molecule has 21 heavy (non-hydrogen) atoms. The summed E-state index contributed by atoms with van der Waals surface area (Å²) in [7, 11) is -3.02. The van der Waals surface area contributed by atoms with E-state index >= 15 is 0 Å². The van der Waals surface area contributed by atoms with Crippen molar-refractivity contribution in [3.63, 3.8) is 0 Å². The highest BCUT2D eigenvalue weighted by atomic mass is 35.5. The van der Waals surface area contributed by atoms with Crippen LogP contribution in [0.15, 0.2) is 23.1 Å². The summed E-state index contributed by atoms with van der Waals surface area (Å²) in [5, 5.41) is 9.34. The lowest BCUT2D eigenvalue weighted by atomic mass is 10.2. The van der Waals surface area contributed by atoms with Crippen LogP contribution in [0.3, 0.4) is 0 Å². The number of esters is 1. The fourth-order valence-electron chi connectivity index (χ4n) is 2.21. The normalized spacial score (nSPS) is 23.2. The number of β-amino-alcohol motifs (C(OH)–C–C–N with tert-alkyl or cyclic N) is 1. The summed E-state index contributed by atoms with van der Waals surface area (Å²) in [5.41, 5.74) is 0. The Bertz CT molecular complexity index is 666. The predicted octanol–water partition coefficient (Wildman–Crippen LogP) is 0.776. The fraction of sp³-hybridized carbons (Fsp3) is 0.417.